The summed E-state index contributed by atoms with van der Waals surface area (Å²) in [5.41, 5.74) is 3.21. The molecule has 3 heterocycles. The normalized spacial score (nSPS) is 14.4. The highest BCUT2D eigenvalue weighted by atomic mass is 32.1. The zero-order valence-electron chi connectivity index (χ0n) is 15.2. The molecule has 0 saturated heterocycles. The first-order valence-corrected chi connectivity index (χ1v) is 9.70. The zero-order valence-corrected chi connectivity index (χ0v) is 16.0. The average molecular weight is 381 g/mol. The fourth-order valence-electron chi connectivity index (χ4n) is 3.87. The molecule has 1 fully saturated rings. The standard InChI is InChI=1S/C20H19N3O3S/c1-25-19-17-15(12-7-16(27-11-12)20(24)26-2)10-23(14-5-3-4-6-14)18(17)13(8-21)9-22-19/h7,9-11,14H,3-6H2,1-2H3. The van der Waals surface area contributed by atoms with E-state index >= 15 is 0 Å². The molecule has 0 spiro atoms. The molecule has 0 N–H and O–H groups in total. The van der Waals surface area contributed by atoms with Gasteiger partial charge in [0.15, 0.2) is 0 Å². The molecule has 0 bridgehead atoms. The van der Waals surface area contributed by atoms with E-state index in [1.54, 1.807) is 13.3 Å². The molecule has 1 aliphatic carbocycles. The third-order valence-electron chi connectivity index (χ3n) is 5.14. The zero-order chi connectivity index (χ0) is 19.0. The van der Waals surface area contributed by atoms with Crippen molar-refractivity contribution in [1.29, 1.82) is 5.26 Å². The summed E-state index contributed by atoms with van der Waals surface area (Å²) in [7, 11) is 2.96. The Hall–Kier alpha value is -2.85. The van der Waals surface area contributed by atoms with Crippen LogP contribution < -0.4 is 4.74 Å². The van der Waals surface area contributed by atoms with Crippen molar-refractivity contribution < 1.29 is 14.3 Å². The number of aromatic nitrogens is 2. The highest BCUT2D eigenvalue weighted by Crippen LogP contribution is 2.42. The maximum absolute atomic E-state index is 11.9. The predicted molar refractivity (Wildman–Crippen MR) is 103 cm³/mol. The molecule has 6 nitrogen and oxygen atoms in total. The van der Waals surface area contributed by atoms with E-state index in [0.29, 0.717) is 22.4 Å². The summed E-state index contributed by atoms with van der Waals surface area (Å²) in [5.74, 6) is 0.134. The molecule has 7 heteroatoms. The number of methoxy groups -OCH3 is 2. The number of esters is 1. The summed E-state index contributed by atoms with van der Waals surface area (Å²) < 4.78 is 12.5. The maximum atomic E-state index is 11.9. The monoisotopic (exact) mass is 381 g/mol. The van der Waals surface area contributed by atoms with Gasteiger partial charge in [-0.25, -0.2) is 9.78 Å². The van der Waals surface area contributed by atoms with Crippen molar-refractivity contribution in [2.45, 2.75) is 31.7 Å². The Morgan fingerprint density at radius 3 is 2.81 bits per heavy atom. The van der Waals surface area contributed by atoms with Crippen LogP contribution in [-0.4, -0.2) is 29.7 Å². The van der Waals surface area contributed by atoms with Crippen LogP contribution in [0.2, 0.25) is 0 Å². The average Bonchev–Trinajstić information content (AvgIpc) is 3.44. The quantitative estimate of drug-likeness (QED) is 0.620. The number of hydrogen-bond donors (Lipinski definition) is 0. The topological polar surface area (TPSA) is 77.1 Å². The van der Waals surface area contributed by atoms with Crippen molar-refractivity contribution in [3.8, 4) is 23.1 Å². The van der Waals surface area contributed by atoms with E-state index in [1.807, 2.05) is 11.4 Å². The lowest BCUT2D eigenvalue weighted by atomic mass is 10.1. The van der Waals surface area contributed by atoms with Gasteiger partial charge in [0.25, 0.3) is 0 Å². The number of pyridine rings is 1. The van der Waals surface area contributed by atoms with Gasteiger partial charge in [-0.3, -0.25) is 0 Å². The fraction of sp³-hybridized carbons (Fsp3) is 0.350. The molecule has 0 unspecified atom stereocenters. The molecule has 0 aliphatic heterocycles. The van der Waals surface area contributed by atoms with E-state index in [1.165, 1.54) is 31.3 Å². The molecular formula is C20H19N3O3S. The lowest BCUT2D eigenvalue weighted by Crippen LogP contribution is -2.04. The molecule has 3 aromatic rings. The number of rotatable bonds is 4. The third-order valence-corrected chi connectivity index (χ3v) is 6.05. The molecule has 138 valence electrons. The summed E-state index contributed by atoms with van der Waals surface area (Å²) in [6.45, 7) is 0. The fourth-order valence-corrected chi connectivity index (χ4v) is 4.70. The lowest BCUT2D eigenvalue weighted by molar-refractivity contribution is 0.0606. The third kappa shape index (κ3) is 2.86. The summed E-state index contributed by atoms with van der Waals surface area (Å²) in [5, 5.41) is 12.4. The van der Waals surface area contributed by atoms with E-state index in [2.05, 4.69) is 21.8 Å². The van der Waals surface area contributed by atoms with Crippen LogP contribution in [0.1, 0.15) is 47.0 Å². The molecule has 1 aliphatic rings. The molecule has 0 amide bonds. The van der Waals surface area contributed by atoms with Crippen LogP contribution in [-0.2, 0) is 4.74 Å². The van der Waals surface area contributed by atoms with E-state index < -0.39 is 0 Å². The smallest absolute Gasteiger partial charge is 0.348 e. The Balaban J connectivity index is 1.98. The van der Waals surface area contributed by atoms with Crippen LogP contribution in [0.3, 0.4) is 0 Å². The number of ether oxygens (including phenoxy) is 2. The first-order chi connectivity index (χ1) is 13.2. The van der Waals surface area contributed by atoms with Crippen LogP contribution in [0.5, 0.6) is 5.88 Å². The summed E-state index contributed by atoms with van der Waals surface area (Å²) >= 11 is 1.34. The van der Waals surface area contributed by atoms with E-state index in [-0.39, 0.29) is 5.97 Å². The van der Waals surface area contributed by atoms with E-state index in [4.69, 9.17) is 9.47 Å². The number of carbonyl (C=O) groups is 1. The van der Waals surface area contributed by atoms with Gasteiger partial charge in [-0.05, 0) is 29.9 Å². The summed E-state index contributed by atoms with van der Waals surface area (Å²) in [6, 6.07) is 4.45. The minimum atomic E-state index is -0.353. The molecule has 0 aromatic carbocycles. The molecule has 27 heavy (non-hydrogen) atoms. The number of fused-ring (bicyclic) bond motifs is 1. The number of nitrogens with zero attached hydrogens (tertiary/aromatic N) is 3. The minimum absolute atomic E-state index is 0.353. The largest absolute Gasteiger partial charge is 0.480 e. The Labute approximate surface area is 161 Å². The minimum Gasteiger partial charge on any atom is -0.480 e. The summed E-state index contributed by atoms with van der Waals surface area (Å²) in [6.07, 6.45) is 8.22. The van der Waals surface area contributed by atoms with Gasteiger partial charge in [-0.2, -0.15) is 5.26 Å². The highest BCUT2D eigenvalue weighted by Gasteiger charge is 2.25. The van der Waals surface area contributed by atoms with Gasteiger partial charge in [0.1, 0.15) is 10.9 Å². The van der Waals surface area contributed by atoms with Crippen LogP contribution in [0.25, 0.3) is 22.0 Å². The molecule has 4 rings (SSSR count). The van der Waals surface area contributed by atoms with Gasteiger partial charge < -0.3 is 14.0 Å². The van der Waals surface area contributed by atoms with Gasteiger partial charge in [0.2, 0.25) is 5.88 Å². The second-order valence-electron chi connectivity index (χ2n) is 6.60. The van der Waals surface area contributed by atoms with Crippen molar-refractivity contribution in [1.82, 2.24) is 9.55 Å². The first-order valence-electron chi connectivity index (χ1n) is 8.82. The molecule has 0 radical (unpaired) electrons. The van der Waals surface area contributed by atoms with Crippen molar-refractivity contribution in [3.63, 3.8) is 0 Å². The van der Waals surface area contributed by atoms with Crippen molar-refractivity contribution in [2.75, 3.05) is 14.2 Å². The second-order valence-corrected chi connectivity index (χ2v) is 7.51. The number of carbonyl (C=O) groups excluding carboxylic acids is 1. The Bertz CT molecular complexity index is 1050. The molecular weight excluding hydrogens is 362 g/mol. The SMILES string of the molecule is COC(=O)c1cc(-c2cn(C3CCCC3)c3c(C#N)cnc(OC)c23)cs1. The van der Waals surface area contributed by atoms with E-state index in [0.717, 1.165) is 34.9 Å². The van der Waals surface area contributed by atoms with Gasteiger partial charge in [0.05, 0.1) is 36.9 Å². The lowest BCUT2D eigenvalue weighted by Gasteiger charge is -2.14. The first kappa shape index (κ1) is 17.6. The van der Waals surface area contributed by atoms with Crippen LogP contribution in [0.4, 0.5) is 0 Å². The Kier molecular flexibility index (Phi) is 4.58. The molecule has 0 atom stereocenters. The Morgan fingerprint density at radius 2 is 2.15 bits per heavy atom. The molecule has 1 saturated carbocycles. The summed E-state index contributed by atoms with van der Waals surface area (Å²) in [4.78, 5) is 16.7. The molecule has 3 aromatic heterocycles. The van der Waals surface area contributed by atoms with Gasteiger partial charge in [-0.1, -0.05) is 12.8 Å². The van der Waals surface area contributed by atoms with Crippen molar-refractivity contribution in [2.24, 2.45) is 0 Å². The van der Waals surface area contributed by atoms with E-state index in [9.17, 15) is 10.1 Å². The van der Waals surface area contributed by atoms with Crippen molar-refractivity contribution >= 4 is 28.2 Å². The van der Waals surface area contributed by atoms with Gasteiger partial charge in [0, 0.05) is 17.8 Å². The maximum Gasteiger partial charge on any atom is 0.348 e. The van der Waals surface area contributed by atoms with Crippen LogP contribution in [0, 0.1) is 11.3 Å². The predicted octanol–water partition coefficient (Wildman–Crippen LogP) is 4.55. The second kappa shape index (κ2) is 7.05. The Morgan fingerprint density at radius 1 is 1.37 bits per heavy atom. The highest BCUT2D eigenvalue weighted by molar-refractivity contribution is 7.12. The van der Waals surface area contributed by atoms with Crippen LogP contribution in [0.15, 0.2) is 23.8 Å². The number of nitriles is 1. The van der Waals surface area contributed by atoms with Gasteiger partial charge >= 0.3 is 5.97 Å². The van der Waals surface area contributed by atoms with Crippen molar-refractivity contribution in [3.05, 3.63) is 34.3 Å². The van der Waals surface area contributed by atoms with Gasteiger partial charge in [-0.15, -0.1) is 11.3 Å². The van der Waals surface area contributed by atoms with Crippen LogP contribution >= 0.6 is 11.3 Å². The number of thiophene rings is 1. The number of hydrogen-bond acceptors (Lipinski definition) is 6.